The lowest BCUT2D eigenvalue weighted by atomic mass is 9.96. The maximum absolute atomic E-state index is 10.4. The van der Waals surface area contributed by atoms with E-state index in [0.29, 0.717) is 30.8 Å². The topological polar surface area (TPSA) is 74.4 Å². The fourth-order valence-corrected chi connectivity index (χ4v) is 3.28. The molecule has 2 aromatic rings. The zero-order valence-electron chi connectivity index (χ0n) is 14.9. The average molecular weight is 344 g/mol. The second kappa shape index (κ2) is 9.08. The number of hydrogen-bond acceptors (Lipinski definition) is 6. The van der Waals surface area contributed by atoms with E-state index in [-0.39, 0.29) is 0 Å². The van der Waals surface area contributed by atoms with Crippen LogP contribution in [-0.2, 0) is 13.0 Å². The number of hydrogen-bond donors (Lipinski definition) is 2. The van der Waals surface area contributed by atoms with Crippen LogP contribution in [0.2, 0.25) is 0 Å². The van der Waals surface area contributed by atoms with Crippen molar-refractivity contribution in [1.82, 2.24) is 20.4 Å². The van der Waals surface area contributed by atoms with Crippen LogP contribution in [0, 0.1) is 5.92 Å². The van der Waals surface area contributed by atoms with Crippen LogP contribution in [0.5, 0.6) is 0 Å². The lowest BCUT2D eigenvalue weighted by molar-refractivity contribution is 0.0890. The number of aliphatic hydroxyl groups is 1. The van der Waals surface area contributed by atoms with Crippen molar-refractivity contribution < 1.29 is 9.52 Å². The molecular formula is C19H28N4O2. The first-order valence-corrected chi connectivity index (χ1v) is 9.22. The molecule has 1 aliphatic heterocycles. The number of piperidine rings is 1. The summed E-state index contributed by atoms with van der Waals surface area (Å²) in [6.07, 6.45) is 2.68. The van der Waals surface area contributed by atoms with E-state index in [1.807, 2.05) is 37.3 Å². The maximum Gasteiger partial charge on any atom is 0.230 e. The minimum atomic E-state index is -0.402. The SMILES string of the molecule is CCc1nnc(CNCC2CCN(C[C@@H](O)c3ccccc3)CC2)o1. The Kier molecular flexibility index (Phi) is 6.55. The van der Waals surface area contributed by atoms with Crippen molar-refractivity contribution in [3.63, 3.8) is 0 Å². The first-order chi connectivity index (χ1) is 12.2. The van der Waals surface area contributed by atoms with Gasteiger partial charge >= 0.3 is 0 Å². The summed E-state index contributed by atoms with van der Waals surface area (Å²) in [5.74, 6) is 2.03. The van der Waals surface area contributed by atoms with E-state index in [1.54, 1.807) is 0 Å². The van der Waals surface area contributed by atoms with Gasteiger partial charge in [0.2, 0.25) is 11.8 Å². The summed E-state index contributed by atoms with van der Waals surface area (Å²) < 4.78 is 5.50. The molecule has 2 N–H and O–H groups in total. The molecule has 1 fully saturated rings. The van der Waals surface area contributed by atoms with E-state index in [1.165, 1.54) is 0 Å². The monoisotopic (exact) mass is 344 g/mol. The van der Waals surface area contributed by atoms with Gasteiger partial charge < -0.3 is 19.7 Å². The molecule has 6 nitrogen and oxygen atoms in total. The third-order valence-corrected chi connectivity index (χ3v) is 4.84. The maximum atomic E-state index is 10.4. The number of likely N-dealkylation sites (tertiary alicyclic amines) is 1. The number of aromatic nitrogens is 2. The zero-order valence-corrected chi connectivity index (χ0v) is 14.9. The first-order valence-electron chi connectivity index (χ1n) is 9.22. The highest BCUT2D eigenvalue weighted by atomic mass is 16.4. The second-order valence-electron chi connectivity index (χ2n) is 6.74. The minimum absolute atomic E-state index is 0.402. The molecule has 0 bridgehead atoms. The van der Waals surface area contributed by atoms with Crippen molar-refractivity contribution in [2.24, 2.45) is 5.92 Å². The average Bonchev–Trinajstić information content (AvgIpc) is 3.12. The summed E-state index contributed by atoms with van der Waals surface area (Å²) in [7, 11) is 0. The molecule has 1 aliphatic rings. The fraction of sp³-hybridized carbons (Fsp3) is 0.579. The van der Waals surface area contributed by atoms with Crippen molar-refractivity contribution >= 4 is 0 Å². The summed E-state index contributed by atoms with van der Waals surface area (Å²) in [5, 5.41) is 21.8. The van der Waals surface area contributed by atoms with E-state index < -0.39 is 6.10 Å². The predicted molar refractivity (Wildman–Crippen MR) is 95.9 cm³/mol. The molecule has 1 saturated heterocycles. The molecule has 6 heteroatoms. The molecule has 1 aromatic heterocycles. The van der Waals surface area contributed by atoms with Crippen LogP contribution in [0.25, 0.3) is 0 Å². The second-order valence-corrected chi connectivity index (χ2v) is 6.74. The van der Waals surface area contributed by atoms with E-state index in [2.05, 4.69) is 20.4 Å². The lowest BCUT2D eigenvalue weighted by Crippen LogP contribution is -2.39. The van der Waals surface area contributed by atoms with Gasteiger partial charge in [-0.3, -0.25) is 0 Å². The Labute approximate surface area is 149 Å². The zero-order chi connectivity index (χ0) is 17.5. The standard InChI is InChI=1S/C19H28N4O2/c1-2-18-21-22-19(25-18)13-20-12-15-8-10-23(11-9-15)14-17(24)16-6-4-3-5-7-16/h3-7,15,17,20,24H,2,8-14H2,1H3/t17-/m1/s1. The Morgan fingerprint density at radius 2 is 1.92 bits per heavy atom. The molecule has 2 heterocycles. The highest BCUT2D eigenvalue weighted by Gasteiger charge is 2.21. The quantitative estimate of drug-likeness (QED) is 0.764. The molecule has 0 aliphatic carbocycles. The Balaban J connectivity index is 1.34. The van der Waals surface area contributed by atoms with Gasteiger partial charge in [0.25, 0.3) is 0 Å². The molecule has 1 atom stereocenters. The largest absolute Gasteiger partial charge is 0.424 e. The molecule has 0 radical (unpaired) electrons. The molecular weight excluding hydrogens is 316 g/mol. The number of aryl methyl sites for hydroxylation is 1. The van der Waals surface area contributed by atoms with Crippen LogP contribution in [0.1, 0.15) is 43.2 Å². The van der Waals surface area contributed by atoms with E-state index in [4.69, 9.17) is 4.42 Å². The van der Waals surface area contributed by atoms with Crippen molar-refractivity contribution in [3.05, 3.63) is 47.7 Å². The van der Waals surface area contributed by atoms with Crippen LogP contribution >= 0.6 is 0 Å². The van der Waals surface area contributed by atoms with Gasteiger partial charge in [0.05, 0.1) is 12.6 Å². The van der Waals surface area contributed by atoms with Crippen LogP contribution in [0.15, 0.2) is 34.7 Å². The number of benzene rings is 1. The number of aliphatic hydroxyl groups excluding tert-OH is 1. The van der Waals surface area contributed by atoms with Crippen molar-refractivity contribution in [1.29, 1.82) is 0 Å². The molecule has 0 unspecified atom stereocenters. The third kappa shape index (κ3) is 5.36. The summed E-state index contributed by atoms with van der Waals surface area (Å²) in [4.78, 5) is 2.36. The van der Waals surface area contributed by atoms with E-state index in [9.17, 15) is 5.11 Å². The summed E-state index contributed by atoms with van der Waals surface area (Å²) >= 11 is 0. The third-order valence-electron chi connectivity index (χ3n) is 4.84. The first kappa shape index (κ1) is 18.0. The van der Waals surface area contributed by atoms with Gasteiger partial charge in [-0.1, -0.05) is 37.3 Å². The smallest absolute Gasteiger partial charge is 0.230 e. The van der Waals surface area contributed by atoms with E-state index >= 15 is 0 Å². The van der Waals surface area contributed by atoms with Gasteiger partial charge in [-0.15, -0.1) is 10.2 Å². The summed E-state index contributed by atoms with van der Waals surface area (Å²) in [5.41, 5.74) is 0.997. The van der Waals surface area contributed by atoms with Crippen LogP contribution in [0.4, 0.5) is 0 Å². The Morgan fingerprint density at radius 1 is 1.20 bits per heavy atom. The summed E-state index contributed by atoms with van der Waals surface area (Å²) in [6.45, 7) is 6.41. The van der Waals surface area contributed by atoms with Gasteiger partial charge in [-0.05, 0) is 44.0 Å². The van der Waals surface area contributed by atoms with Gasteiger partial charge in [-0.25, -0.2) is 0 Å². The molecule has 0 saturated carbocycles. The number of rotatable bonds is 8. The summed E-state index contributed by atoms with van der Waals surface area (Å²) in [6, 6.07) is 9.91. The van der Waals surface area contributed by atoms with Crippen molar-refractivity contribution in [2.45, 2.75) is 38.8 Å². The van der Waals surface area contributed by atoms with Gasteiger partial charge in [0, 0.05) is 13.0 Å². The Hall–Kier alpha value is -1.76. The van der Waals surface area contributed by atoms with Crippen LogP contribution in [-0.4, -0.2) is 46.4 Å². The van der Waals surface area contributed by atoms with Crippen LogP contribution in [0.3, 0.4) is 0 Å². The molecule has 136 valence electrons. The molecule has 0 amide bonds. The lowest BCUT2D eigenvalue weighted by Gasteiger charge is -2.33. The van der Waals surface area contributed by atoms with Crippen LogP contribution < -0.4 is 5.32 Å². The van der Waals surface area contributed by atoms with E-state index in [0.717, 1.165) is 44.5 Å². The van der Waals surface area contributed by atoms with Crippen molar-refractivity contribution in [2.75, 3.05) is 26.2 Å². The minimum Gasteiger partial charge on any atom is -0.424 e. The Bertz CT molecular complexity index is 623. The van der Waals surface area contributed by atoms with Gasteiger partial charge in [0.1, 0.15) is 0 Å². The molecule has 1 aromatic carbocycles. The highest BCUT2D eigenvalue weighted by molar-refractivity contribution is 5.17. The normalized spacial score (nSPS) is 17.7. The van der Waals surface area contributed by atoms with Crippen molar-refractivity contribution in [3.8, 4) is 0 Å². The van der Waals surface area contributed by atoms with Gasteiger partial charge in [0.15, 0.2) is 0 Å². The highest BCUT2D eigenvalue weighted by Crippen LogP contribution is 2.20. The molecule has 25 heavy (non-hydrogen) atoms. The molecule has 3 rings (SSSR count). The predicted octanol–water partition coefficient (Wildman–Crippen LogP) is 2.17. The number of β-amino-alcohol motifs (C(OH)–C–C–N with tert-alkyl or cyclic N) is 1. The Morgan fingerprint density at radius 3 is 2.60 bits per heavy atom. The van der Waals surface area contributed by atoms with Gasteiger partial charge in [-0.2, -0.15) is 0 Å². The number of nitrogens with one attached hydrogen (secondary N) is 1. The molecule has 0 spiro atoms. The number of nitrogens with zero attached hydrogens (tertiary/aromatic N) is 3. The fourth-order valence-electron chi connectivity index (χ4n) is 3.28.